The minimum atomic E-state index is -0.548. The van der Waals surface area contributed by atoms with Crippen LogP contribution >= 0.6 is 22.6 Å². The Balaban J connectivity index is 1.65. The van der Waals surface area contributed by atoms with Gasteiger partial charge >= 0.3 is 0 Å². The molecule has 0 unspecified atom stereocenters. The van der Waals surface area contributed by atoms with Crippen LogP contribution in [0.5, 0.6) is 0 Å². The first kappa shape index (κ1) is 15.3. The quantitative estimate of drug-likeness (QED) is 0.503. The number of Topliss-reactive ketones (excluding diaryl/α,β-unsaturated/α-hetero) is 1. The van der Waals surface area contributed by atoms with Gasteiger partial charge in [-0.25, -0.2) is 0 Å². The summed E-state index contributed by atoms with van der Waals surface area (Å²) in [6.07, 6.45) is 0.363. The molecule has 2 fully saturated rings. The molecule has 0 aromatic heterocycles. The molecule has 4 atom stereocenters. The molecule has 0 N–H and O–H groups in total. The number of imide groups is 1. The molecule has 2 bridgehead atoms. The molecule has 124 valence electrons. The number of carbonyl (C=O) groups is 3. The van der Waals surface area contributed by atoms with Crippen LogP contribution in [0.2, 0.25) is 0 Å². The first-order chi connectivity index (χ1) is 12.1. The van der Waals surface area contributed by atoms with Gasteiger partial charge in [0.05, 0.1) is 23.4 Å². The molecule has 1 saturated heterocycles. The Morgan fingerprint density at radius 2 is 1.48 bits per heavy atom. The number of rotatable bonds is 1. The molecular formula is C20H14INO3. The maximum absolute atomic E-state index is 13.1. The van der Waals surface area contributed by atoms with E-state index in [1.807, 2.05) is 36.4 Å². The van der Waals surface area contributed by atoms with Gasteiger partial charge in [0, 0.05) is 15.9 Å². The van der Waals surface area contributed by atoms with Crippen LogP contribution in [-0.2, 0) is 14.4 Å². The van der Waals surface area contributed by atoms with Gasteiger partial charge in [-0.15, -0.1) is 0 Å². The zero-order chi connectivity index (χ0) is 17.3. The highest BCUT2D eigenvalue weighted by molar-refractivity contribution is 14.1. The minimum absolute atomic E-state index is 0.0931. The van der Waals surface area contributed by atoms with E-state index in [4.69, 9.17) is 0 Å². The van der Waals surface area contributed by atoms with Crippen molar-refractivity contribution in [3.63, 3.8) is 0 Å². The fraction of sp³-hybridized carbons (Fsp3) is 0.250. The summed E-state index contributed by atoms with van der Waals surface area (Å²) in [6.45, 7) is 0. The lowest BCUT2D eigenvalue weighted by Crippen LogP contribution is -2.44. The fourth-order valence-electron chi connectivity index (χ4n) is 4.80. The molecule has 0 radical (unpaired) electrons. The molecule has 5 heteroatoms. The molecule has 0 spiro atoms. The third-order valence-corrected chi connectivity index (χ3v) is 6.49. The van der Waals surface area contributed by atoms with E-state index in [0.717, 1.165) is 14.7 Å². The van der Waals surface area contributed by atoms with E-state index in [9.17, 15) is 14.4 Å². The van der Waals surface area contributed by atoms with Crippen LogP contribution in [0.15, 0.2) is 48.5 Å². The van der Waals surface area contributed by atoms with E-state index in [0.29, 0.717) is 12.1 Å². The lowest BCUT2D eigenvalue weighted by molar-refractivity contribution is -0.134. The Morgan fingerprint density at radius 3 is 2.20 bits per heavy atom. The lowest BCUT2D eigenvalue weighted by Gasteiger charge is -2.43. The number of halogens is 1. The van der Waals surface area contributed by atoms with Gasteiger partial charge in [-0.1, -0.05) is 24.3 Å². The standard InChI is InChI=1S/C20H14INO3/c21-10-5-7-11(8-6-10)22-19(24)17-14-9-15(23)16(18(17)20(22)25)13-4-2-1-3-12(13)14/h1-8,14,16-18H,9H2/t14-,16-,17-,18+/m0/s1. The number of nitrogens with zero attached hydrogens (tertiary/aromatic N) is 1. The molecule has 1 aliphatic heterocycles. The van der Waals surface area contributed by atoms with Gasteiger partial charge in [0.25, 0.3) is 0 Å². The maximum Gasteiger partial charge on any atom is 0.238 e. The monoisotopic (exact) mass is 443 g/mol. The van der Waals surface area contributed by atoms with Gasteiger partial charge in [0.2, 0.25) is 11.8 Å². The highest BCUT2D eigenvalue weighted by Gasteiger charge is 2.62. The van der Waals surface area contributed by atoms with Gasteiger partial charge in [0.1, 0.15) is 5.78 Å². The Bertz CT molecular complexity index is 936. The third-order valence-electron chi connectivity index (χ3n) is 5.77. The van der Waals surface area contributed by atoms with E-state index < -0.39 is 17.8 Å². The van der Waals surface area contributed by atoms with Crippen molar-refractivity contribution >= 4 is 45.9 Å². The van der Waals surface area contributed by atoms with Crippen molar-refractivity contribution in [2.45, 2.75) is 18.3 Å². The summed E-state index contributed by atoms with van der Waals surface area (Å²) >= 11 is 2.19. The topological polar surface area (TPSA) is 54.5 Å². The van der Waals surface area contributed by atoms with Crippen LogP contribution in [0.25, 0.3) is 0 Å². The summed E-state index contributed by atoms with van der Waals surface area (Å²) in [5.74, 6) is -1.91. The lowest BCUT2D eigenvalue weighted by atomic mass is 9.56. The number of hydrogen-bond acceptors (Lipinski definition) is 3. The highest BCUT2D eigenvalue weighted by Crippen LogP contribution is 2.57. The normalized spacial score (nSPS) is 29.8. The summed E-state index contributed by atoms with van der Waals surface area (Å²) < 4.78 is 1.04. The largest absolute Gasteiger partial charge is 0.299 e. The summed E-state index contributed by atoms with van der Waals surface area (Å²) in [7, 11) is 0. The molecule has 1 heterocycles. The second-order valence-corrected chi connectivity index (χ2v) is 8.17. The Morgan fingerprint density at radius 1 is 0.840 bits per heavy atom. The second-order valence-electron chi connectivity index (χ2n) is 6.92. The fourth-order valence-corrected chi connectivity index (χ4v) is 5.16. The smallest absolute Gasteiger partial charge is 0.238 e. The molecule has 25 heavy (non-hydrogen) atoms. The number of hydrogen-bond donors (Lipinski definition) is 0. The number of anilines is 1. The van der Waals surface area contributed by atoms with Crippen LogP contribution in [0, 0.1) is 15.4 Å². The van der Waals surface area contributed by atoms with Gasteiger partial charge in [0.15, 0.2) is 0 Å². The van der Waals surface area contributed by atoms with Crippen molar-refractivity contribution in [2.24, 2.45) is 11.8 Å². The highest BCUT2D eigenvalue weighted by atomic mass is 127. The molecule has 3 aliphatic carbocycles. The van der Waals surface area contributed by atoms with E-state index >= 15 is 0 Å². The number of ketones is 1. The van der Waals surface area contributed by atoms with Crippen LogP contribution < -0.4 is 4.90 Å². The average molecular weight is 443 g/mol. The molecular weight excluding hydrogens is 429 g/mol. The summed E-state index contributed by atoms with van der Waals surface area (Å²) in [5, 5.41) is 0. The Kier molecular flexibility index (Phi) is 3.20. The predicted molar refractivity (Wildman–Crippen MR) is 100 cm³/mol. The zero-order valence-electron chi connectivity index (χ0n) is 13.2. The van der Waals surface area contributed by atoms with E-state index in [1.165, 1.54) is 4.90 Å². The molecule has 2 aromatic carbocycles. The Hall–Kier alpha value is -2.02. The van der Waals surface area contributed by atoms with Crippen LogP contribution in [0.3, 0.4) is 0 Å². The first-order valence-corrected chi connectivity index (χ1v) is 9.40. The summed E-state index contributed by atoms with van der Waals surface area (Å²) in [4.78, 5) is 40.2. The molecule has 6 rings (SSSR count). The Labute approximate surface area is 158 Å². The van der Waals surface area contributed by atoms with Gasteiger partial charge in [-0.2, -0.15) is 0 Å². The van der Waals surface area contributed by atoms with Crippen LogP contribution in [0.4, 0.5) is 5.69 Å². The molecule has 2 amide bonds. The molecule has 4 nitrogen and oxygen atoms in total. The summed E-state index contributed by atoms with van der Waals surface area (Å²) in [5.41, 5.74) is 2.61. The molecule has 2 aromatic rings. The second kappa shape index (κ2) is 5.24. The molecule has 4 aliphatic rings. The number of benzene rings is 2. The maximum atomic E-state index is 13.1. The average Bonchev–Trinajstić information content (AvgIpc) is 2.88. The van der Waals surface area contributed by atoms with Crippen molar-refractivity contribution in [1.29, 1.82) is 0 Å². The first-order valence-electron chi connectivity index (χ1n) is 8.33. The van der Waals surface area contributed by atoms with Crippen molar-refractivity contribution < 1.29 is 14.4 Å². The zero-order valence-corrected chi connectivity index (χ0v) is 15.3. The predicted octanol–water partition coefficient (Wildman–Crippen LogP) is 3.25. The van der Waals surface area contributed by atoms with Gasteiger partial charge in [-0.3, -0.25) is 19.3 Å². The minimum Gasteiger partial charge on any atom is -0.299 e. The van der Waals surface area contributed by atoms with Crippen molar-refractivity contribution in [1.82, 2.24) is 0 Å². The van der Waals surface area contributed by atoms with E-state index in [-0.39, 0.29) is 23.5 Å². The van der Waals surface area contributed by atoms with Crippen LogP contribution in [0.1, 0.15) is 29.4 Å². The van der Waals surface area contributed by atoms with Crippen molar-refractivity contribution in [2.75, 3.05) is 4.90 Å². The number of amides is 2. The SMILES string of the molecule is O=C1C[C@H]2c3ccccc3[C@@H]1[C@H]1C(=O)N(c3ccc(I)cc3)C(=O)[C@H]12. The third kappa shape index (κ3) is 1.96. The van der Waals surface area contributed by atoms with Crippen LogP contribution in [-0.4, -0.2) is 17.6 Å². The number of fused-ring (bicyclic) bond motifs is 1. The molecule has 1 saturated carbocycles. The van der Waals surface area contributed by atoms with Gasteiger partial charge in [-0.05, 0) is 58.0 Å². The van der Waals surface area contributed by atoms with E-state index in [2.05, 4.69) is 22.6 Å². The van der Waals surface area contributed by atoms with Gasteiger partial charge < -0.3 is 0 Å². The van der Waals surface area contributed by atoms with Crippen molar-refractivity contribution in [3.8, 4) is 0 Å². The van der Waals surface area contributed by atoms with E-state index in [1.54, 1.807) is 12.1 Å². The summed E-state index contributed by atoms with van der Waals surface area (Å²) in [6, 6.07) is 15.1. The number of carbonyl (C=O) groups excluding carboxylic acids is 3. The van der Waals surface area contributed by atoms with Crippen molar-refractivity contribution in [3.05, 3.63) is 63.2 Å².